The largest absolute Gasteiger partial charge is 0.346 e. The summed E-state index contributed by atoms with van der Waals surface area (Å²) in [5.74, 6) is 1.09. The summed E-state index contributed by atoms with van der Waals surface area (Å²) in [6.45, 7) is 2.30. The van der Waals surface area contributed by atoms with Gasteiger partial charge in [0.25, 0.3) is 0 Å². The molecule has 1 heterocycles. The van der Waals surface area contributed by atoms with Crippen molar-refractivity contribution in [2.45, 2.75) is 122 Å². The van der Waals surface area contributed by atoms with E-state index in [4.69, 9.17) is 0 Å². The highest BCUT2D eigenvalue weighted by molar-refractivity contribution is 5.19. The second-order valence-electron chi connectivity index (χ2n) is 9.07. The first-order valence-corrected chi connectivity index (χ1v) is 12.9. The third kappa shape index (κ3) is 12.2. The second kappa shape index (κ2) is 17.1. The standard InChI is InChI=1S/C28H46N2/c1-2-3-4-5-6-7-8-9-10-11-12-13-14-15-16-20-23-27-25-29-28(30-27)24-26-21-18-17-19-22-26/h17-19,21-22,25H,2-16,20,23-24H2,1H3,(H,29,30). The fourth-order valence-electron chi connectivity index (χ4n) is 4.28. The number of hydrogen-bond acceptors (Lipinski definition) is 1. The van der Waals surface area contributed by atoms with Gasteiger partial charge >= 0.3 is 0 Å². The molecule has 1 aromatic carbocycles. The van der Waals surface area contributed by atoms with Gasteiger partial charge in [0.05, 0.1) is 0 Å². The third-order valence-corrected chi connectivity index (χ3v) is 6.20. The Hall–Kier alpha value is -1.57. The first kappa shape index (κ1) is 24.7. The van der Waals surface area contributed by atoms with Gasteiger partial charge in [-0.2, -0.15) is 0 Å². The van der Waals surface area contributed by atoms with Gasteiger partial charge < -0.3 is 4.98 Å². The first-order chi connectivity index (χ1) is 14.9. The Labute approximate surface area is 186 Å². The minimum absolute atomic E-state index is 0.903. The predicted octanol–water partition coefficient (Wildman–Crippen LogP) is 8.80. The normalized spacial score (nSPS) is 11.2. The van der Waals surface area contributed by atoms with Crippen LogP contribution in [0, 0.1) is 0 Å². The van der Waals surface area contributed by atoms with Crippen molar-refractivity contribution in [3.63, 3.8) is 0 Å². The molecular weight excluding hydrogens is 364 g/mol. The molecule has 0 aliphatic rings. The van der Waals surface area contributed by atoms with E-state index in [9.17, 15) is 0 Å². The maximum atomic E-state index is 4.55. The molecule has 2 nitrogen and oxygen atoms in total. The highest BCUT2D eigenvalue weighted by Gasteiger charge is 2.02. The molecule has 0 saturated heterocycles. The molecule has 0 bridgehead atoms. The third-order valence-electron chi connectivity index (χ3n) is 6.20. The van der Waals surface area contributed by atoms with E-state index in [1.165, 1.54) is 114 Å². The van der Waals surface area contributed by atoms with Gasteiger partial charge in [0.2, 0.25) is 0 Å². The van der Waals surface area contributed by atoms with Gasteiger partial charge in [0, 0.05) is 18.3 Å². The zero-order valence-corrected chi connectivity index (χ0v) is 19.6. The van der Waals surface area contributed by atoms with E-state index in [1.54, 1.807) is 0 Å². The molecule has 0 amide bonds. The predicted molar refractivity (Wildman–Crippen MR) is 131 cm³/mol. The van der Waals surface area contributed by atoms with Crippen LogP contribution in [0.3, 0.4) is 0 Å². The molecule has 0 aliphatic heterocycles. The molecule has 0 radical (unpaired) electrons. The van der Waals surface area contributed by atoms with Crippen molar-refractivity contribution < 1.29 is 0 Å². The molecule has 0 saturated carbocycles. The average molecular weight is 411 g/mol. The Bertz CT molecular complexity index is 617. The number of hydrogen-bond donors (Lipinski definition) is 1. The minimum Gasteiger partial charge on any atom is -0.346 e. The van der Waals surface area contributed by atoms with Crippen LogP contribution in [-0.4, -0.2) is 9.97 Å². The smallest absolute Gasteiger partial charge is 0.110 e. The maximum Gasteiger partial charge on any atom is 0.110 e. The van der Waals surface area contributed by atoms with Crippen LogP contribution in [0.1, 0.15) is 127 Å². The van der Waals surface area contributed by atoms with Gasteiger partial charge in [-0.3, -0.25) is 0 Å². The Kier molecular flexibility index (Phi) is 14.1. The zero-order chi connectivity index (χ0) is 21.1. The highest BCUT2D eigenvalue weighted by atomic mass is 14.9. The van der Waals surface area contributed by atoms with Crippen LogP contribution in [0.2, 0.25) is 0 Å². The molecule has 1 aromatic heterocycles. The summed E-state index contributed by atoms with van der Waals surface area (Å²) >= 11 is 0. The molecule has 0 atom stereocenters. The van der Waals surface area contributed by atoms with Crippen molar-refractivity contribution in [2.24, 2.45) is 0 Å². The van der Waals surface area contributed by atoms with E-state index in [2.05, 4.69) is 47.2 Å². The maximum absolute atomic E-state index is 4.55. The summed E-state index contributed by atoms with van der Waals surface area (Å²) < 4.78 is 0. The number of aromatic nitrogens is 2. The number of nitrogens with one attached hydrogen (secondary N) is 1. The van der Waals surface area contributed by atoms with Crippen LogP contribution in [-0.2, 0) is 12.8 Å². The molecule has 2 heteroatoms. The summed E-state index contributed by atoms with van der Waals surface area (Å²) in [6, 6.07) is 10.6. The molecule has 0 unspecified atom stereocenters. The molecule has 30 heavy (non-hydrogen) atoms. The van der Waals surface area contributed by atoms with Crippen LogP contribution in [0.5, 0.6) is 0 Å². The van der Waals surface area contributed by atoms with Crippen LogP contribution in [0.25, 0.3) is 0 Å². The number of unbranched alkanes of at least 4 members (excludes halogenated alkanes) is 15. The summed E-state index contributed by atoms with van der Waals surface area (Å²) in [5, 5.41) is 0. The van der Waals surface area contributed by atoms with Gasteiger partial charge in [-0.1, -0.05) is 134 Å². The van der Waals surface area contributed by atoms with Crippen LogP contribution >= 0.6 is 0 Å². The van der Waals surface area contributed by atoms with E-state index in [0.29, 0.717) is 0 Å². The van der Waals surface area contributed by atoms with Gasteiger partial charge in [-0.25, -0.2) is 4.98 Å². The van der Waals surface area contributed by atoms with Gasteiger partial charge in [0.15, 0.2) is 0 Å². The molecule has 2 rings (SSSR count). The topological polar surface area (TPSA) is 28.7 Å². The van der Waals surface area contributed by atoms with E-state index in [0.717, 1.165) is 18.7 Å². The molecule has 0 aliphatic carbocycles. The number of aryl methyl sites for hydroxylation is 1. The fraction of sp³-hybridized carbons (Fsp3) is 0.679. The molecule has 168 valence electrons. The van der Waals surface area contributed by atoms with Crippen LogP contribution < -0.4 is 0 Å². The van der Waals surface area contributed by atoms with Crippen molar-refractivity contribution in [3.05, 3.63) is 53.6 Å². The van der Waals surface area contributed by atoms with Gasteiger partial charge in [-0.05, 0) is 18.4 Å². The van der Waals surface area contributed by atoms with E-state index < -0.39 is 0 Å². The summed E-state index contributed by atoms with van der Waals surface area (Å²) in [4.78, 5) is 8.05. The number of imidazole rings is 1. The Morgan fingerprint density at radius 3 is 1.67 bits per heavy atom. The van der Waals surface area contributed by atoms with Crippen molar-refractivity contribution in [1.29, 1.82) is 0 Å². The average Bonchev–Trinajstić information content (AvgIpc) is 3.21. The minimum atomic E-state index is 0.903. The lowest BCUT2D eigenvalue weighted by Crippen LogP contribution is -1.91. The quantitative estimate of drug-likeness (QED) is 0.230. The fourth-order valence-corrected chi connectivity index (χ4v) is 4.28. The van der Waals surface area contributed by atoms with Crippen LogP contribution in [0.15, 0.2) is 36.5 Å². The summed E-state index contributed by atoms with van der Waals surface area (Å²) in [5.41, 5.74) is 2.62. The lowest BCUT2D eigenvalue weighted by atomic mass is 10.0. The molecule has 2 aromatic rings. The van der Waals surface area contributed by atoms with Crippen molar-refractivity contribution >= 4 is 0 Å². The molecule has 0 fully saturated rings. The van der Waals surface area contributed by atoms with Crippen molar-refractivity contribution in [1.82, 2.24) is 9.97 Å². The van der Waals surface area contributed by atoms with Gasteiger partial charge in [0.1, 0.15) is 5.82 Å². The molecular formula is C28H46N2. The second-order valence-corrected chi connectivity index (χ2v) is 9.07. The Morgan fingerprint density at radius 1 is 0.633 bits per heavy atom. The highest BCUT2D eigenvalue weighted by Crippen LogP contribution is 2.14. The van der Waals surface area contributed by atoms with E-state index in [-0.39, 0.29) is 0 Å². The zero-order valence-electron chi connectivity index (χ0n) is 19.6. The number of benzene rings is 1. The van der Waals surface area contributed by atoms with E-state index in [1.807, 2.05) is 6.20 Å². The first-order valence-electron chi connectivity index (χ1n) is 12.9. The van der Waals surface area contributed by atoms with Crippen molar-refractivity contribution in [2.75, 3.05) is 0 Å². The van der Waals surface area contributed by atoms with Crippen molar-refractivity contribution in [3.8, 4) is 0 Å². The Morgan fingerprint density at radius 2 is 1.13 bits per heavy atom. The summed E-state index contributed by atoms with van der Waals surface area (Å²) in [7, 11) is 0. The van der Waals surface area contributed by atoms with E-state index >= 15 is 0 Å². The molecule has 0 spiro atoms. The number of nitrogens with zero attached hydrogens (tertiary/aromatic N) is 1. The Balaban J connectivity index is 1.34. The number of rotatable bonds is 19. The number of aromatic amines is 1. The van der Waals surface area contributed by atoms with Crippen LogP contribution in [0.4, 0.5) is 0 Å². The lowest BCUT2D eigenvalue weighted by molar-refractivity contribution is 0.529. The monoisotopic (exact) mass is 410 g/mol. The molecule has 1 N–H and O–H groups in total. The summed E-state index contributed by atoms with van der Waals surface area (Å²) in [6.07, 6.45) is 26.9. The lowest BCUT2D eigenvalue weighted by Gasteiger charge is -2.03. The SMILES string of the molecule is CCCCCCCCCCCCCCCCCCc1cnc(Cc2ccccc2)[nH]1. The van der Waals surface area contributed by atoms with Gasteiger partial charge in [-0.15, -0.1) is 0 Å². The number of H-pyrrole nitrogens is 1.